The second kappa shape index (κ2) is 5.55. The average Bonchev–Trinajstić information content (AvgIpc) is 2.19. The van der Waals surface area contributed by atoms with Crippen LogP contribution in [0.1, 0.15) is 16.1 Å². The molecule has 0 aliphatic carbocycles. The van der Waals surface area contributed by atoms with Gasteiger partial charge in [-0.2, -0.15) is 0 Å². The fraction of sp³-hybridized carbons (Fsp3) is 0.250. The van der Waals surface area contributed by atoms with E-state index in [1.165, 1.54) is 6.20 Å². The third kappa shape index (κ3) is 3.23. The molecule has 1 aromatic rings. The molecule has 0 unspecified atom stereocenters. The van der Waals surface area contributed by atoms with Crippen molar-refractivity contribution in [3.63, 3.8) is 0 Å². The number of pyridine rings is 1. The van der Waals surface area contributed by atoms with Crippen molar-refractivity contribution in [1.29, 1.82) is 0 Å². The summed E-state index contributed by atoms with van der Waals surface area (Å²) in [5.74, 6) is -0.306. The van der Waals surface area contributed by atoms with Gasteiger partial charge in [0.25, 0.3) is 5.75 Å². The molecule has 0 N–H and O–H groups in total. The maximum absolute atomic E-state index is 11.4. The van der Waals surface area contributed by atoms with E-state index in [-0.39, 0.29) is 22.6 Å². The van der Waals surface area contributed by atoms with Crippen molar-refractivity contribution in [2.75, 3.05) is 5.33 Å². The van der Waals surface area contributed by atoms with E-state index in [0.717, 1.165) is 0 Å². The molecule has 5 nitrogen and oxygen atoms in total. The average molecular weight is 341 g/mol. The lowest BCUT2D eigenvalue weighted by molar-refractivity contribution is -1.62. The molecular formula is C8H7Br2NO4. The molecule has 15 heavy (non-hydrogen) atoms. The van der Waals surface area contributed by atoms with Crippen LogP contribution in [0.25, 0.3) is 0 Å². The van der Waals surface area contributed by atoms with Crippen LogP contribution in [0.3, 0.4) is 0 Å². The molecule has 0 aliphatic rings. The second-order valence-corrected chi connectivity index (χ2v) is 4.31. The van der Waals surface area contributed by atoms with Gasteiger partial charge in [-0.05, 0) is 13.0 Å². The SMILES string of the molecule is Cc1ccnc(C(=O)CBr)c1O[Br+2]([O-])[O-]. The van der Waals surface area contributed by atoms with Gasteiger partial charge < -0.3 is 8.40 Å². The second-order valence-electron chi connectivity index (χ2n) is 2.63. The van der Waals surface area contributed by atoms with E-state index in [9.17, 15) is 13.2 Å². The third-order valence-corrected chi connectivity index (χ3v) is 2.72. The fourth-order valence-corrected chi connectivity index (χ4v) is 1.91. The predicted octanol–water partition coefficient (Wildman–Crippen LogP) is -0.567. The molecule has 1 heterocycles. The van der Waals surface area contributed by atoms with E-state index in [1.807, 2.05) is 0 Å². The number of nitrogens with zero attached hydrogens (tertiary/aromatic N) is 1. The summed E-state index contributed by atoms with van der Waals surface area (Å²) in [4.78, 5) is 15.2. The van der Waals surface area contributed by atoms with Crippen LogP contribution in [-0.2, 0) is 0 Å². The van der Waals surface area contributed by atoms with Gasteiger partial charge in [0, 0.05) is 11.8 Å². The predicted molar refractivity (Wildman–Crippen MR) is 47.7 cm³/mol. The first-order valence-electron chi connectivity index (χ1n) is 3.85. The van der Waals surface area contributed by atoms with Crippen LogP contribution in [-0.4, -0.2) is 16.1 Å². The van der Waals surface area contributed by atoms with E-state index in [1.54, 1.807) is 13.0 Å². The number of hydrogen-bond donors (Lipinski definition) is 0. The lowest BCUT2D eigenvalue weighted by Gasteiger charge is -2.03. The largest absolute Gasteiger partial charge is 0.501 e. The Morgan fingerprint density at radius 1 is 1.67 bits per heavy atom. The highest BCUT2D eigenvalue weighted by Gasteiger charge is 2.24. The molecule has 82 valence electrons. The molecule has 0 atom stereocenters. The first kappa shape index (κ1) is 12.6. The highest BCUT2D eigenvalue weighted by Crippen LogP contribution is 2.22. The zero-order valence-corrected chi connectivity index (χ0v) is 10.9. The summed E-state index contributed by atoms with van der Waals surface area (Å²) in [5.41, 5.74) is 0.589. The zero-order chi connectivity index (χ0) is 11.4. The minimum absolute atomic E-state index is 0.0157. The highest BCUT2D eigenvalue weighted by molar-refractivity contribution is 9.09. The molecule has 0 spiro atoms. The Morgan fingerprint density at radius 2 is 2.33 bits per heavy atom. The summed E-state index contributed by atoms with van der Waals surface area (Å²) in [7, 11) is 0. The monoisotopic (exact) mass is 339 g/mol. The lowest BCUT2D eigenvalue weighted by Crippen LogP contribution is -2.37. The van der Waals surface area contributed by atoms with Gasteiger partial charge in [-0.25, -0.2) is 4.98 Å². The van der Waals surface area contributed by atoms with E-state index >= 15 is 0 Å². The molecule has 0 aromatic carbocycles. The molecule has 0 aliphatic heterocycles. The molecule has 0 radical (unpaired) electrons. The summed E-state index contributed by atoms with van der Waals surface area (Å²) in [6.45, 7) is 1.65. The van der Waals surface area contributed by atoms with E-state index in [0.29, 0.717) is 5.56 Å². The Hall–Kier alpha value is -0.500. The van der Waals surface area contributed by atoms with Crippen LogP contribution in [0, 0.1) is 21.7 Å². The van der Waals surface area contributed by atoms with Crippen molar-refractivity contribution in [1.82, 2.24) is 4.98 Å². The van der Waals surface area contributed by atoms with Crippen LogP contribution in [0.5, 0.6) is 5.75 Å². The molecular weight excluding hydrogens is 334 g/mol. The normalized spacial score (nSPS) is 10.5. The number of hydrogen-bond acceptors (Lipinski definition) is 5. The molecule has 1 rings (SSSR count). The van der Waals surface area contributed by atoms with Gasteiger partial charge >= 0.3 is 14.8 Å². The molecule has 0 fully saturated rings. The van der Waals surface area contributed by atoms with Crippen molar-refractivity contribution in [2.45, 2.75) is 6.92 Å². The fourth-order valence-electron chi connectivity index (χ4n) is 0.967. The summed E-state index contributed by atoms with van der Waals surface area (Å²) < 4.78 is 25.6. The third-order valence-electron chi connectivity index (χ3n) is 1.63. The van der Waals surface area contributed by atoms with Gasteiger partial charge in [-0.15, -0.1) is 3.83 Å². The standard InChI is InChI=1S/C8H7Br2NO4/c1-5-2-3-11-7(6(12)4-9)8(5)15-10(13)14/h2-3H,4H2,1H3. The van der Waals surface area contributed by atoms with Crippen molar-refractivity contribution in [3.8, 4) is 5.75 Å². The number of aromatic nitrogens is 1. The summed E-state index contributed by atoms with van der Waals surface area (Å²) in [5, 5.41) is 0.0693. The van der Waals surface area contributed by atoms with Gasteiger partial charge in [-0.3, -0.25) is 4.79 Å². The number of rotatable bonds is 4. The van der Waals surface area contributed by atoms with Crippen molar-refractivity contribution in [3.05, 3.63) is 23.5 Å². The van der Waals surface area contributed by atoms with E-state index in [2.05, 4.69) is 24.7 Å². The Labute approximate surface area is 100 Å². The Morgan fingerprint density at radius 3 is 2.87 bits per heavy atom. The summed E-state index contributed by atoms with van der Waals surface area (Å²) in [6.07, 6.45) is 1.43. The van der Waals surface area contributed by atoms with Gasteiger partial charge in [0.2, 0.25) is 0 Å². The minimum atomic E-state index is -3.40. The van der Waals surface area contributed by atoms with Crippen LogP contribution >= 0.6 is 15.9 Å². The van der Waals surface area contributed by atoms with E-state index < -0.39 is 14.8 Å². The maximum Gasteiger partial charge on any atom is 0.501 e. The Kier molecular flexibility index (Phi) is 4.65. The summed E-state index contributed by atoms with van der Waals surface area (Å²) in [6, 6.07) is 1.57. The number of alkyl halides is 1. The first-order chi connectivity index (χ1) is 7.06. The number of Topliss-reactive ketones (excluding diaryl/α,β-unsaturated/α-hetero) is 1. The smallest absolute Gasteiger partial charge is 0.361 e. The molecule has 7 heteroatoms. The van der Waals surface area contributed by atoms with Crippen LogP contribution < -0.4 is 12.2 Å². The Bertz CT molecular complexity index is 370. The van der Waals surface area contributed by atoms with Gasteiger partial charge in [0.1, 0.15) is 0 Å². The zero-order valence-electron chi connectivity index (χ0n) is 7.70. The maximum atomic E-state index is 11.4. The van der Waals surface area contributed by atoms with Crippen molar-refractivity contribution >= 4 is 21.7 Å². The van der Waals surface area contributed by atoms with E-state index in [4.69, 9.17) is 0 Å². The minimum Gasteiger partial charge on any atom is -0.361 e. The molecule has 0 bridgehead atoms. The topological polar surface area (TPSA) is 85.3 Å². The highest BCUT2D eigenvalue weighted by atomic mass is 80.0. The molecule has 0 saturated heterocycles. The number of halogens is 2. The van der Waals surface area contributed by atoms with Crippen molar-refractivity contribution in [2.24, 2.45) is 0 Å². The number of carbonyl (C=O) groups excluding carboxylic acids is 1. The molecule has 0 saturated carbocycles. The summed E-state index contributed by atoms with van der Waals surface area (Å²) >= 11 is -0.417. The van der Waals surface area contributed by atoms with Gasteiger partial charge in [0.05, 0.1) is 5.33 Å². The van der Waals surface area contributed by atoms with Crippen molar-refractivity contribution < 1.29 is 31.8 Å². The molecule has 0 amide bonds. The van der Waals surface area contributed by atoms with Gasteiger partial charge in [0.15, 0.2) is 11.5 Å². The lowest BCUT2D eigenvalue weighted by atomic mass is 10.2. The number of ketones is 1. The van der Waals surface area contributed by atoms with Gasteiger partial charge in [-0.1, -0.05) is 15.9 Å². The Balaban J connectivity index is 3.14. The number of aryl methyl sites for hydroxylation is 1. The van der Waals surface area contributed by atoms with Crippen LogP contribution in [0.4, 0.5) is 0 Å². The van der Waals surface area contributed by atoms with Crippen LogP contribution in [0.2, 0.25) is 0 Å². The van der Waals surface area contributed by atoms with Crippen LogP contribution in [0.15, 0.2) is 12.3 Å². The quantitative estimate of drug-likeness (QED) is 0.541. The number of carbonyl (C=O) groups is 1. The first-order valence-corrected chi connectivity index (χ1v) is 6.91. The molecule has 1 aromatic heterocycles.